The average Bonchev–Trinajstić information content (AvgIpc) is 3.28. The Hall–Kier alpha value is -2.47. The number of aromatic nitrogens is 5. The summed E-state index contributed by atoms with van der Waals surface area (Å²) < 4.78 is 3.94. The summed E-state index contributed by atoms with van der Waals surface area (Å²) >= 11 is 6.05. The van der Waals surface area contributed by atoms with Crippen LogP contribution in [0.3, 0.4) is 0 Å². The maximum absolute atomic E-state index is 6.05. The molecular weight excluding hydrogens is 312 g/mol. The summed E-state index contributed by atoms with van der Waals surface area (Å²) in [5.41, 5.74) is 5.03. The highest BCUT2D eigenvalue weighted by molar-refractivity contribution is 6.31. The van der Waals surface area contributed by atoms with E-state index in [1.54, 1.807) is 6.33 Å². The third kappa shape index (κ3) is 2.90. The molecule has 1 N–H and O–H groups in total. The molecule has 23 heavy (non-hydrogen) atoms. The fourth-order valence-electron chi connectivity index (χ4n) is 2.46. The minimum absolute atomic E-state index is 0.520. The van der Waals surface area contributed by atoms with Crippen molar-refractivity contribution in [1.82, 2.24) is 19.7 Å². The zero-order valence-electron chi connectivity index (χ0n) is 12.6. The molecule has 6 nitrogen and oxygen atoms in total. The number of nitrogens with zero attached hydrogens (tertiary/aromatic N) is 5. The van der Waals surface area contributed by atoms with Gasteiger partial charge in [0.1, 0.15) is 12.0 Å². The molecule has 1 fully saturated rings. The quantitative estimate of drug-likeness (QED) is 0.749. The lowest BCUT2D eigenvalue weighted by molar-refractivity contribution is -0.643. The van der Waals surface area contributed by atoms with Crippen LogP contribution in [0.1, 0.15) is 24.4 Å². The van der Waals surface area contributed by atoms with Crippen LogP contribution in [0.5, 0.6) is 0 Å². The van der Waals surface area contributed by atoms with Crippen LogP contribution in [0.2, 0.25) is 5.02 Å². The lowest BCUT2D eigenvalue weighted by Crippen LogP contribution is -2.42. The van der Waals surface area contributed by atoms with Gasteiger partial charge in [-0.3, -0.25) is 0 Å². The van der Waals surface area contributed by atoms with Gasteiger partial charge in [-0.1, -0.05) is 22.3 Å². The number of aryl methyl sites for hydroxylation is 1. The molecule has 0 aliphatic heterocycles. The van der Waals surface area contributed by atoms with Crippen molar-refractivity contribution in [3.63, 3.8) is 0 Å². The fourth-order valence-corrected chi connectivity index (χ4v) is 2.56. The molecule has 4 rings (SSSR count). The van der Waals surface area contributed by atoms with Crippen molar-refractivity contribution in [3.8, 4) is 11.5 Å². The van der Waals surface area contributed by atoms with Gasteiger partial charge in [0.05, 0.1) is 5.02 Å². The van der Waals surface area contributed by atoms with Crippen molar-refractivity contribution in [1.29, 1.82) is 0 Å². The number of rotatable bonds is 4. The van der Waals surface area contributed by atoms with Crippen LogP contribution in [0, 0.1) is 6.92 Å². The minimum Gasteiger partial charge on any atom is -0.309 e. The topological polar surface area (TPSA) is 59.5 Å². The predicted octanol–water partition coefficient (Wildman–Crippen LogP) is 2.80. The Morgan fingerprint density at radius 3 is 2.96 bits per heavy atom. The first-order valence-corrected chi connectivity index (χ1v) is 7.90. The minimum atomic E-state index is 0.520. The van der Waals surface area contributed by atoms with Crippen molar-refractivity contribution in [2.45, 2.75) is 25.8 Å². The number of hydrogen-bond acceptors (Lipinski definition) is 4. The molecule has 3 aromatic rings. The van der Waals surface area contributed by atoms with E-state index in [0.717, 1.165) is 27.9 Å². The Labute approximate surface area is 138 Å². The fraction of sp³-hybridized carbons (Fsp3) is 0.250. The van der Waals surface area contributed by atoms with Gasteiger partial charge < -0.3 is 4.57 Å². The van der Waals surface area contributed by atoms with Crippen molar-refractivity contribution in [3.05, 3.63) is 53.6 Å². The molecule has 0 spiro atoms. The van der Waals surface area contributed by atoms with Crippen LogP contribution < -0.4 is 10.1 Å². The van der Waals surface area contributed by atoms with E-state index in [0.29, 0.717) is 6.04 Å². The molecule has 7 heteroatoms. The maximum Gasteiger partial charge on any atom is 0.204 e. The molecule has 0 amide bonds. The lowest BCUT2D eigenvalue weighted by Gasteiger charge is -2.06. The van der Waals surface area contributed by atoms with Crippen LogP contribution in [0.4, 0.5) is 5.82 Å². The van der Waals surface area contributed by atoms with Crippen LogP contribution >= 0.6 is 11.6 Å². The van der Waals surface area contributed by atoms with Gasteiger partial charge in [0.2, 0.25) is 12.4 Å². The molecular formula is C16H16ClN6+. The number of nitrogens with one attached hydrogen (secondary N) is 1. The second-order valence-corrected chi connectivity index (χ2v) is 6.10. The molecule has 0 unspecified atom stereocenters. The largest absolute Gasteiger partial charge is 0.309 e. The van der Waals surface area contributed by atoms with Crippen LogP contribution in [-0.4, -0.2) is 19.7 Å². The Bertz CT molecular complexity index is 855. The smallest absolute Gasteiger partial charge is 0.204 e. The van der Waals surface area contributed by atoms with Gasteiger partial charge in [0.25, 0.3) is 0 Å². The third-order valence-electron chi connectivity index (χ3n) is 3.83. The average molecular weight is 328 g/mol. The molecule has 1 aliphatic carbocycles. The first-order chi connectivity index (χ1) is 11.2. The number of anilines is 1. The zero-order valence-corrected chi connectivity index (χ0v) is 13.4. The highest BCUT2D eigenvalue weighted by Crippen LogP contribution is 2.37. The first kappa shape index (κ1) is 14.1. The summed E-state index contributed by atoms with van der Waals surface area (Å²) in [7, 11) is 0. The van der Waals surface area contributed by atoms with E-state index in [4.69, 9.17) is 11.6 Å². The lowest BCUT2D eigenvalue weighted by atomic mass is 10.3. The summed E-state index contributed by atoms with van der Waals surface area (Å²) in [5.74, 6) is 1.55. The van der Waals surface area contributed by atoms with E-state index in [1.165, 1.54) is 12.8 Å². The summed E-state index contributed by atoms with van der Waals surface area (Å²) in [4.78, 5) is 4.65. The van der Waals surface area contributed by atoms with Gasteiger partial charge in [-0.05, 0) is 31.9 Å². The molecule has 3 heterocycles. The zero-order chi connectivity index (χ0) is 15.8. The summed E-state index contributed by atoms with van der Waals surface area (Å²) in [6.45, 7) is 1.96. The Kier molecular flexibility index (Phi) is 3.46. The summed E-state index contributed by atoms with van der Waals surface area (Å²) in [5, 5.41) is 8.99. The third-order valence-corrected chi connectivity index (χ3v) is 4.25. The normalized spacial score (nSPS) is 14.0. The molecule has 1 saturated carbocycles. The van der Waals surface area contributed by atoms with E-state index >= 15 is 0 Å². The monoisotopic (exact) mass is 327 g/mol. The SMILES string of the molecule is Cc1c[n+](Nc2cccc(-c3nncn3C3CC3)n2)ccc1Cl. The molecule has 0 saturated heterocycles. The predicted molar refractivity (Wildman–Crippen MR) is 86.9 cm³/mol. The van der Waals surface area contributed by atoms with Crippen molar-refractivity contribution in [2.24, 2.45) is 0 Å². The number of hydrogen-bond donors (Lipinski definition) is 1. The van der Waals surface area contributed by atoms with E-state index in [-0.39, 0.29) is 0 Å². The van der Waals surface area contributed by atoms with Gasteiger partial charge in [-0.2, -0.15) is 0 Å². The highest BCUT2D eigenvalue weighted by atomic mass is 35.5. The van der Waals surface area contributed by atoms with E-state index in [9.17, 15) is 0 Å². The summed E-state index contributed by atoms with van der Waals surface area (Å²) in [6, 6.07) is 8.19. The van der Waals surface area contributed by atoms with Crippen molar-refractivity contribution in [2.75, 3.05) is 5.43 Å². The second-order valence-electron chi connectivity index (χ2n) is 5.70. The Balaban J connectivity index is 1.63. The molecule has 0 atom stereocenters. The number of halogens is 1. The van der Waals surface area contributed by atoms with Gasteiger partial charge in [0, 0.05) is 17.7 Å². The van der Waals surface area contributed by atoms with Crippen LogP contribution in [-0.2, 0) is 0 Å². The van der Waals surface area contributed by atoms with E-state index in [2.05, 4.69) is 25.2 Å². The standard InChI is InChI=1S/C16H16ClN6/c1-11-9-22(8-7-13(11)17)21-15-4-2-3-14(19-15)16-20-18-10-23(16)12-5-6-12/h2-4,7-10,12H,5-6H2,1H3,(H,19,21)/q+1. The van der Waals surface area contributed by atoms with E-state index < -0.39 is 0 Å². The summed E-state index contributed by atoms with van der Waals surface area (Å²) in [6.07, 6.45) is 7.93. The first-order valence-electron chi connectivity index (χ1n) is 7.52. The Morgan fingerprint density at radius 1 is 1.30 bits per heavy atom. The van der Waals surface area contributed by atoms with Gasteiger partial charge in [-0.15, -0.1) is 15.6 Å². The molecule has 0 radical (unpaired) electrons. The van der Waals surface area contributed by atoms with Gasteiger partial charge in [0.15, 0.2) is 11.6 Å². The molecule has 1 aliphatic rings. The van der Waals surface area contributed by atoms with Gasteiger partial charge in [-0.25, -0.2) is 4.98 Å². The van der Waals surface area contributed by atoms with Crippen LogP contribution in [0.15, 0.2) is 43.0 Å². The molecule has 0 bridgehead atoms. The Morgan fingerprint density at radius 2 is 2.17 bits per heavy atom. The van der Waals surface area contributed by atoms with E-state index in [1.807, 2.05) is 48.3 Å². The second kappa shape index (κ2) is 5.62. The highest BCUT2D eigenvalue weighted by Gasteiger charge is 2.27. The van der Waals surface area contributed by atoms with Gasteiger partial charge >= 0.3 is 0 Å². The van der Waals surface area contributed by atoms with Crippen LogP contribution in [0.25, 0.3) is 11.5 Å². The number of pyridine rings is 2. The maximum atomic E-state index is 6.05. The van der Waals surface area contributed by atoms with Crippen molar-refractivity contribution < 1.29 is 4.68 Å². The molecule has 3 aromatic heterocycles. The molecule has 116 valence electrons. The van der Waals surface area contributed by atoms with Crippen molar-refractivity contribution >= 4 is 17.4 Å². The molecule has 0 aromatic carbocycles.